The Bertz CT molecular complexity index is 215. The maximum atomic E-state index is 11.5. The zero-order valence-electron chi connectivity index (χ0n) is 9.84. The van der Waals surface area contributed by atoms with E-state index >= 15 is 0 Å². The molecule has 2 N–H and O–H groups in total. The van der Waals surface area contributed by atoms with Crippen LogP contribution < -0.4 is 10.6 Å². The largest absolute Gasteiger partial charge is 0.355 e. The zero-order valence-corrected chi connectivity index (χ0v) is 10.7. The van der Waals surface area contributed by atoms with Crippen molar-refractivity contribution in [2.24, 2.45) is 5.92 Å². The summed E-state index contributed by atoms with van der Waals surface area (Å²) in [6.07, 6.45) is 4.82. The van der Waals surface area contributed by atoms with E-state index in [1.54, 1.807) is 11.8 Å². The van der Waals surface area contributed by atoms with E-state index in [9.17, 15) is 4.79 Å². The van der Waals surface area contributed by atoms with Gasteiger partial charge in [0, 0.05) is 24.5 Å². The second kappa shape index (κ2) is 8.65. The SMILES string of the molecule is C=CCSCCNC(=O)CCC1CCNC1. The van der Waals surface area contributed by atoms with E-state index in [0.29, 0.717) is 12.3 Å². The van der Waals surface area contributed by atoms with Gasteiger partial charge in [0.2, 0.25) is 5.91 Å². The molecule has 1 atom stereocenters. The van der Waals surface area contributed by atoms with Crippen LogP contribution in [0.15, 0.2) is 12.7 Å². The van der Waals surface area contributed by atoms with Gasteiger partial charge in [-0.2, -0.15) is 11.8 Å². The highest BCUT2D eigenvalue weighted by Crippen LogP contribution is 2.13. The summed E-state index contributed by atoms with van der Waals surface area (Å²) in [5.41, 5.74) is 0. The molecule has 1 rings (SSSR count). The summed E-state index contributed by atoms with van der Waals surface area (Å²) in [5.74, 6) is 2.85. The number of carbonyl (C=O) groups is 1. The van der Waals surface area contributed by atoms with Crippen LogP contribution in [0.4, 0.5) is 0 Å². The third kappa shape index (κ3) is 6.18. The fourth-order valence-electron chi connectivity index (χ4n) is 1.81. The normalized spacial score (nSPS) is 19.6. The van der Waals surface area contributed by atoms with E-state index < -0.39 is 0 Å². The number of rotatable bonds is 8. The molecular formula is C12H22N2OS. The molecule has 1 heterocycles. The number of hydrogen-bond donors (Lipinski definition) is 2. The van der Waals surface area contributed by atoms with E-state index in [-0.39, 0.29) is 5.91 Å². The van der Waals surface area contributed by atoms with Gasteiger partial charge in [-0.3, -0.25) is 4.79 Å². The van der Waals surface area contributed by atoms with Gasteiger partial charge in [0.05, 0.1) is 0 Å². The van der Waals surface area contributed by atoms with E-state index in [1.807, 2.05) is 6.08 Å². The van der Waals surface area contributed by atoms with Gasteiger partial charge in [-0.25, -0.2) is 0 Å². The molecule has 1 aliphatic rings. The lowest BCUT2D eigenvalue weighted by atomic mass is 10.0. The van der Waals surface area contributed by atoms with Gasteiger partial charge >= 0.3 is 0 Å². The van der Waals surface area contributed by atoms with Crippen molar-refractivity contribution < 1.29 is 4.79 Å². The molecule has 16 heavy (non-hydrogen) atoms. The van der Waals surface area contributed by atoms with Crippen molar-refractivity contribution in [2.75, 3.05) is 31.1 Å². The lowest BCUT2D eigenvalue weighted by Gasteiger charge is -2.08. The van der Waals surface area contributed by atoms with Crippen molar-refractivity contribution in [3.8, 4) is 0 Å². The first-order chi connectivity index (χ1) is 7.83. The van der Waals surface area contributed by atoms with Crippen LogP contribution in [-0.4, -0.2) is 37.0 Å². The molecular weight excluding hydrogens is 220 g/mol. The highest BCUT2D eigenvalue weighted by Gasteiger charge is 2.15. The average Bonchev–Trinajstić information content (AvgIpc) is 2.79. The molecule has 1 unspecified atom stereocenters. The first kappa shape index (κ1) is 13.6. The first-order valence-electron chi connectivity index (χ1n) is 5.99. The molecule has 0 bridgehead atoms. The van der Waals surface area contributed by atoms with Crippen molar-refractivity contribution >= 4 is 17.7 Å². The van der Waals surface area contributed by atoms with Crippen LogP contribution in [0.2, 0.25) is 0 Å². The topological polar surface area (TPSA) is 41.1 Å². The third-order valence-electron chi connectivity index (χ3n) is 2.75. The average molecular weight is 242 g/mol. The van der Waals surface area contributed by atoms with Crippen LogP contribution in [0.5, 0.6) is 0 Å². The molecule has 1 saturated heterocycles. The monoisotopic (exact) mass is 242 g/mol. The minimum absolute atomic E-state index is 0.200. The van der Waals surface area contributed by atoms with E-state index in [0.717, 1.165) is 37.6 Å². The summed E-state index contributed by atoms with van der Waals surface area (Å²) >= 11 is 1.80. The molecule has 1 aliphatic heterocycles. The lowest BCUT2D eigenvalue weighted by Crippen LogP contribution is -2.26. The number of hydrogen-bond acceptors (Lipinski definition) is 3. The van der Waals surface area contributed by atoms with Crippen LogP contribution in [-0.2, 0) is 4.79 Å². The fourth-order valence-corrected chi connectivity index (χ4v) is 2.39. The van der Waals surface area contributed by atoms with Crippen LogP contribution in [0.3, 0.4) is 0 Å². The van der Waals surface area contributed by atoms with Crippen LogP contribution >= 0.6 is 11.8 Å². The van der Waals surface area contributed by atoms with Gasteiger partial charge < -0.3 is 10.6 Å². The smallest absolute Gasteiger partial charge is 0.220 e. The quantitative estimate of drug-likeness (QED) is 0.499. The van der Waals surface area contributed by atoms with E-state index in [4.69, 9.17) is 0 Å². The summed E-state index contributed by atoms with van der Waals surface area (Å²) in [6.45, 7) is 6.63. The molecule has 0 aliphatic carbocycles. The van der Waals surface area contributed by atoms with Crippen molar-refractivity contribution in [1.82, 2.24) is 10.6 Å². The second-order valence-corrected chi connectivity index (χ2v) is 5.26. The molecule has 0 aromatic rings. The molecule has 92 valence electrons. The molecule has 0 radical (unpaired) electrons. The van der Waals surface area contributed by atoms with E-state index in [1.165, 1.54) is 6.42 Å². The summed E-state index contributed by atoms with van der Waals surface area (Å²) in [7, 11) is 0. The predicted octanol–water partition coefficient (Wildman–Crippen LogP) is 1.41. The highest BCUT2D eigenvalue weighted by atomic mass is 32.2. The van der Waals surface area contributed by atoms with Gasteiger partial charge in [0.15, 0.2) is 0 Å². The van der Waals surface area contributed by atoms with Gasteiger partial charge in [-0.15, -0.1) is 6.58 Å². The van der Waals surface area contributed by atoms with Gasteiger partial charge in [0.1, 0.15) is 0 Å². The Hall–Kier alpha value is -0.480. The number of thioether (sulfide) groups is 1. The molecule has 0 aromatic carbocycles. The van der Waals surface area contributed by atoms with Crippen LogP contribution in [0.25, 0.3) is 0 Å². The number of carbonyl (C=O) groups excluding carboxylic acids is 1. The Morgan fingerprint density at radius 2 is 2.50 bits per heavy atom. The van der Waals surface area contributed by atoms with Crippen molar-refractivity contribution in [1.29, 1.82) is 0 Å². The molecule has 4 heteroatoms. The van der Waals surface area contributed by atoms with Crippen molar-refractivity contribution in [2.45, 2.75) is 19.3 Å². The molecule has 1 amide bonds. The predicted molar refractivity (Wildman–Crippen MR) is 70.7 cm³/mol. The summed E-state index contributed by atoms with van der Waals surface area (Å²) < 4.78 is 0. The Morgan fingerprint density at radius 3 is 3.19 bits per heavy atom. The van der Waals surface area contributed by atoms with Crippen molar-refractivity contribution in [3.63, 3.8) is 0 Å². The van der Waals surface area contributed by atoms with Crippen molar-refractivity contribution in [3.05, 3.63) is 12.7 Å². The molecule has 1 fully saturated rings. The summed E-state index contributed by atoms with van der Waals surface area (Å²) in [4.78, 5) is 11.5. The first-order valence-corrected chi connectivity index (χ1v) is 7.14. The fraction of sp³-hybridized carbons (Fsp3) is 0.750. The Kier molecular flexibility index (Phi) is 7.34. The minimum Gasteiger partial charge on any atom is -0.355 e. The molecule has 0 spiro atoms. The van der Waals surface area contributed by atoms with Gasteiger partial charge in [-0.1, -0.05) is 6.08 Å². The lowest BCUT2D eigenvalue weighted by molar-refractivity contribution is -0.121. The Labute approximate surface area is 102 Å². The van der Waals surface area contributed by atoms with Gasteiger partial charge in [0.25, 0.3) is 0 Å². The van der Waals surface area contributed by atoms with Crippen LogP contribution in [0.1, 0.15) is 19.3 Å². The Morgan fingerprint density at radius 1 is 1.62 bits per heavy atom. The van der Waals surface area contributed by atoms with Crippen LogP contribution in [0, 0.1) is 5.92 Å². The molecule has 0 saturated carbocycles. The minimum atomic E-state index is 0.200. The maximum absolute atomic E-state index is 11.5. The summed E-state index contributed by atoms with van der Waals surface area (Å²) in [6, 6.07) is 0. The highest BCUT2D eigenvalue weighted by molar-refractivity contribution is 7.99. The molecule has 3 nitrogen and oxygen atoms in total. The summed E-state index contributed by atoms with van der Waals surface area (Å²) in [5, 5.41) is 6.27. The number of amides is 1. The third-order valence-corrected chi connectivity index (χ3v) is 3.71. The second-order valence-electron chi connectivity index (χ2n) is 4.11. The van der Waals surface area contributed by atoms with E-state index in [2.05, 4.69) is 17.2 Å². The molecule has 0 aromatic heterocycles. The Balaban J connectivity index is 1.91. The standard InChI is InChI=1S/C12H22N2OS/c1-2-8-16-9-7-14-12(15)4-3-11-5-6-13-10-11/h2,11,13H,1,3-10H2,(H,14,15). The van der Waals surface area contributed by atoms with Gasteiger partial charge in [-0.05, 0) is 31.8 Å². The number of nitrogens with one attached hydrogen (secondary N) is 2. The zero-order chi connectivity index (χ0) is 11.6. The maximum Gasteiger partial charge on any atom is 0.220 e.